The van der Waals surface area contributed by atoms with Crippen LogP contribution in [0.1, 0.15) is 46.5 Å². The third-order valence-corrected chi connectivity index (χ3v) is 3.74. The summed E-state index contributed by atoms with van der Waals surface area (Å²) in [5.74, 6) is 0.863. The molecule has 0 bridgehead atoms. The van der Waals surface area contributed by atoms with Crippen molar-refractivity contribution in [1.29, 1.82) is 0 Å². The minimum atomic E-state index is 0.733. The fourth-order valence-corrected chi connectivity index (χ4v) is 2.41. The molecule has 1 N–H and O–H groups in total. The molecule has 3 atom stereocenters. The monoisotopic (exact) mass is 212 g/mol. The summed E-state index contributed by atoms with van der Waals surface area (Å²) in [7, 11) is 2.22. The molecule has 1 fully saturated rings. The first kappa shape index (κ1) is 13.0. The van der Waals surface area contributed by atoms with Gasteiger partial charge in [0.2, 0.25) is 0 Å². The summed E-state index contributed by atoms with van der Waals surface area (Å²) < 4.78 is 0. The molecule has 0 aliphatic carbocycles. The molecule has 90 valence electrons. The molecule has 0 amide bonds. The highest BCUT2D eigenvalue weighted by Gasteiger charge is 2.22. The molecule has 1 aliphatic heterocycles. The van der Waals surface area contributed by atoms with Crippen LogP contribution in [0, 0.1) is 5.92 Å². The first-order valence-electron chi connectivity index (χ1n) is 6.60. The molecular weight excluding hydrogens is 184 g/mol. The molecule has 1 aliphatic rings. The quantitative estimate of drug-likeness (QED) is 0.728. The Morgan fingerprint density at radius 1 is 1.33 bits per heavy atom. The number of hydrogen-bond acceptors (Lipinski definition) is 2. The van der Waals surface area contributed by atoms with Gasteiger partial charge in [0.25, 0.3) is 0 Å². The van der Waals surface area contributed by atoms with Crippen molar-refractivity contribution in [3.05, 3.63) is 0 Å². The van der Waals surface area contributed by atoms with E-state index in [1.54, 1.807) is 0 Å². The van der Waals surface area contributed by atoms with Gasteiger partial charge >= 0.3 is 0 Å². The van der Waals surface area contributed by atoms with Crippen LogP contribution in [0.3, 0.4) is 0 Å². The highest BCUT2D eigenvalue weighted by Crippen LogP contribution is 2.15. The number of likely N-dealkylation sites (tertiary alicyclic amines) is 1. The standard InChI is InChI=1S/C13H28N2/c1-5-11(3)9-12(6-2)14-13-7-8-15(4)10-13/h11-14H,5-10H2,1-4H3/t11-,12+,13-/m0/s1. The van der Waals surface area contributed by atoms with Gasteiger partial charge in [-0.2, -0.15) is 0 Å². The minimum absolute atomic E-state index is 0.733. The zero-order chi connectivity index (χ0) is 11.3. The summed E-state index contributed by atoms with van der Waals surface area (Å²) in [5.41, 5.74) is 0. The van der Waals surface area contributed by atoms with E-state index in [1.165, 1.54) is 38.8 Å². The van der Waals surface area contributed by atoms with Gasteiger partial charge in [-0.15, -0.1) is 0 Å². The van der Waals surface area contributed by atoms with Crippen molar-refractivity contribution in [2.24, 2.45) is 5.92 Å². The Kier molecular flexibility index (Phi) is 5.62. The van der Waals surface area contributed by atoms with Crippen molar-refractivity contribution >= 4 is 0 Å². The van der Waals surface area contributed by atoms with Crippen molar-refractivity contribution in [3.63, 3.8) is 0 Å². The summed E-state index contributed by atoms with van der Waals surface area (Å²) in [6, 6.07) is 1.47. The normalized spacial score (nSPS) is 26.8. The van der Waals surface area contributed by atoms with Crippen molar-refractivity contribution < 1.29 is 0 Å². The average Bonchev–Trinajstić information content (AvgIpc) is 2.62. The Hall–Kier alpha value is -0.0800. The molecule has 0 aromatic carbocycles. The average molecular weight is 212 g/mol. The summed E-state index contributed by atoms with van der Waals surface area (Å²) in [6.07, 6.45) is 5.24. The molecule has 0 saturated carbocycles. The van der Waals surface area contributed by atoms with Crippen LogP contribution in [0.5, 0.6) is 0 Å². The molecule has 15 heavy (non-hydrogen) atoms. The van der Waals surface area contributed by atoms with E-state index in [1.807, 2.05) is 0 Å². The van der Waals surface area contributed by atoms with E-state index in [9.17, 15) is 0 Å². The van der Waals surface area contributed by atoms with Gasteiger partial charge in [-0.25, -0.2) is 0 Å². The van der Waals surface area contributed by atoms with Crippen LogP contribution in [0.15, 0.2) is 0 Å². The van der Waals surface area contributed by atoms with Crippen molar-refractivity contribution in [3.8, 4) is 0 Å². The first-order chi connectivity index (χ1) is 7.15. The zero-order valence-electron chi connectivity index (χ0n) is 10.9. The van der Waals surface area contributed by atoms with Gasteiger partial charge in [0.1, 0.15) is 0 Å². The Morgan fingerprint density at radius 3 is 2.53 bits per heavy atom. The maximum Gasteiger partial charge on any atom is 0.0209 e. The van der Waals surface area contributed by atoms with Crippen LogP contribution in [-0.4, -0.2) is 37.1 Å². The minimum Gasteiger partial charge on any atom is -0.310 e. The molecule has 2 nitrogen and oxygen atoms in total. The molecule has 1 rings (SSSR count). The highest BCUT2D eigenvalue weighted by molar-refractivity contribution is 4.82. The lowest BCUT2D eigenvalue weighted by molar-refractivity contribution is 0.337. The molecule has 1 heterocycles. The van der Waals surface area contributed by atoms with Gasteiger partial charge in [-0.1, -0.05) is 27.2 Å². The second-order valence-corrected chi connectivity index (χ2v) is 5.27. The molecule has 2 heteroatoms. The van der Waals surface area contributed by atoms with Crippen molar-refractivity contribution in [1.82, 2.24) is 10.2 Å². The van der Waals surface area contributed by atoms with Crippen molar-refractivity contribution in [2.75, 3.05) is 20.1 Å². The highest BCUT2D eigenvalue weighted by atomic mass is 15.2. The fourth-order valence-electron chi connectivity index (χ4n) is 2.41. The Labute approximate surface area is 95.4 Å². The number of nitrogens with one attached hydrogen (secondary N) is 1. The summed E-state index contributed by atoms with van der Waals surface area (Å²) in [6.45, 7) is 9.46. The fraction of sp³-hybridized carbons (Fsp3) is 1.00. The maximum absolute atomic E-state index is 3.82. The van der Waals surface area contributed by atoms with Gasteiger partial charge in [0.05, 0.1) is 0 Å². The van der Waals surface area contributed by atoms with Crippen LogP contribution in [-0.2, 0) is 0 Å². The molecular formula is C13H28N2. The van der Waals surface area contributed by atoms with Crippen LogP contribution < -0.4 is 5.32 Å². The van der Waals surface area contributed by atoms with Gasteiger partial charge in [-0.05, 0) is 38.8 Å². The van der Waals surface area contributed by atoms with Crippen LogP contribution in [0.2, 0.25) is 0 Å². The van der Waals surface area contributed by atoms with Gasteiger partial charge in [-0.3, -0.25) is 0 Å². The number of likely N-dealkylation sites (N-methyl/N-ethyl adjacent to an activating group) is 1. The Bertz CT molecular complexity index is 170. The number of rotatable bonds is 6. The lowest BCUT2D eigenvalue weighted by Crippen LogP contribution is -2.40. The zero-order valence-corrected chi connectivity index (χ0v) is 10.9. The molecule has 0 radical (unpaired) electrons. The summed E-state index contributed by atoms with van der Waals surface area (Å²) in [4.78, 5) is 2.42. The Balaban J connectivity index is 2.27. The Morgan fingerprint density at radius 2 is 2.07 bits per heavy atom. The third-order valence-electron chi connectivity index (χ3n) is 3.74. The van der Waals surface area contributed by atoms with Crippen LogP contribution >= 0.6 is 0 Å². The van der Waals surface area contributed by atoms with Gasteiger partial charge < -0.3 is 10.2 Å². The smallest absolute Gasteiger partial charge is 0.0209 e. The molecule has 0 spiro atoms. The maximum atomic E-state index is 3.82. The first-order valence-corrected chi connectivity index (χ1v) is 6.60. The van der Waals surface area contributed by atoms with E-state index in [0.29, 0.717) is 0 Å². The molecule has 0 aromatic rings. The molecule has 1 saturated heterocycles. The lowest BCUT2D eigenvalue weighted by Gasteiger charge is -2.24. The molecule has 0 unspecified atom stereocenters. The number of nitrogens with zero attached hydrogens (tertiary/aromatic N) is 1. The van der Waals surface area contributed by atoms with E-state index < -0.39 is 0 Å². The van der Waals surface area contributed by atoms with E-state index in [-0.39, 0.29) is 0 Å². The second kappa shape index (κ2) is 6.49. The van der Waals surface area contributed by atoms with E-state index in [2.05, 4.69) is 38.0 Å². The second-order valence-electron chi connectivity index (χ2n) is 5.27. The lowest BCUT2D eigenvalue weighted by atomic mass is 9.97. The summed E-state index contributed by atoms with van der Waals surface area (Å²) >= 11 is 0. The van der Waals surface area contributed by atoms with Crippen LogP contribution in [0.25, 0.3) is 0 Å². The van der Waals surface area contributed by atoms with Gasteiger partial charge in [0, 0.05) is 18.6 Å². The summed E-state index contributed by atoms with van der Waals surface area (Å²) in [5, 5.41) is 3.82. The SMILES string of the molecule is CC[C@H](C)C[C@@H](CC)N[C@H]1CCN(C)C1. The van der Waals surface area contributed by atoms with Crippen LogP contribution in [0.4, 0.5) is 0 Å². The van der Waals surface area contributed by atoms with Gasteiger partial charge in [0.15, 0.2) is 0 Å². The molecule has 0 aromatic heterocycles. The topological polar surface area (TPSA) is 15.3 Å². The van der Waals surface area contributed by atoms with E-state index >= 15 is 0 Å². The number of hydrogen-bond donors (Lipinski definition) is 1. The predicted octanol–water partition coefficient (Wildman–Crippen LogP) is 2.49. The largest absolute Gasteiger partial charge is 0.310 e. The van der Waals surface area contributed by atoms with Crippen molar-refractivity contribution in [2.45, 2.75) is 58.5 Å². The van der Waals surface area contributed by atoms with E-state index in [0.717, 1.165) is 18.0 Å². The van der Waals surface area contributed by atoms with E-state index in [4.69, 9.17) is 0 Å². The predicted molar refractivity (Wildman–Crippen MR) is 67.2 cm³/mol. The third kappa shape index (κ3) is 4.52.